The zero-order valence-corrected chi connectivity index (χ0v) is 16.7. The first-order chi connectivity index (χ1) is 12.4. The summed E-state index contributed by atoms with van der Waals surface area (Å²) >= 11 is 2.27. The summed E-state index contributed by atoms with van der Waals surface area (Å²) in [5, 5.41) is 0. The Bertz CT molecular complexity index is 927. The Kier molecular flexibility index (Phi) is 5.56. The summed E-state index contributed by atoms with van der Waals surface area (Å²) in [6.45, 7) is 8.21. The van der Waals surface area contributed by atoms with Crippen LogP contribution < -0.4 is 4.74 Å². The number of carbonyl (C=O) groups is 1. The highest BCUT2D eigenvalue weighted by atomic mass is 127. The number of nitrogens with zero attached hydrogens (tertiary/aromatic N) is 1. The second kappa shape index (κ2) is 7.86. The summed E-state index contributed by atoms with van der Waals surface area (Å²) in [6, 6.07) is 13.3. The molecule has 0 radical (unpaired) electrons. The van der Waals surface area contributed by atoms with Crippen LogP contribution in [0.5, 0.6) is 5.75 Å². The van der Waals surface area contributed by atoms with Gasteiger partial charge in [-0.05, 0) is 89.5 Å². The Labute approximate surface area is 166 Å². The molecule has 0 spiro atoms. The SMILES string of the molecule is C=C(C)COc1ccc(/C=C2\N=C(c3ccc(I)c(C)c3)OC2=O)cc1. The minimum atomic E-state index is -0.446. The van der Waals surface area contributed by atoms with Crippen molar-refractivity contribution < 1.29 is 14.3 Å². The van der Waals surface area contributed by atoms with E-state index in [9.17, 15) is 4.79 Å². The summed E-state index contributed by atoms with van der Waals surface area (Å²) in [6.07, 6.45) is 1.71. The van der Waals surface area contributed by atoms with Crippen LogP contribution in [0, 0.1) is 10.5 Å². The van der Waals surface area contributed by atoms with Crippen molar-refractivity contribution in [2.75, 3.05) is 6.61 Å². The minimum absolute atomic E-state index is 0.284. The van der Waals surface area contributed by atoms with Gasteiger partial charge in [0.2, 0.25) is 5.90 Å². The van der Waals surface area contributed by atoms with E-state index in [1.165, 1.54) is 0 Å². The van der Waals surface area contributed by atoms with Crippen LogP contribution in [0.1, 0.15) is 23.6 Å². The van der Waals surface area contributed by atoms with Crippen LogP contribution >= 0.6 is 22.6 Å². The number of hydrogen-bond acceptors (Lipinski definition) is 4. The molecule has 0 N–H and O–H groups in total. The monoisotopic (exact) mass is 459 g/mol. The molecule has 2 aromatic rings. The number of esters is 1. The Balaban J connectivity index is 1.79. The lowest BCUT2D eigenvalue weighted by Gasteiger charge is -2.05. The molecular formula is C21H18INO3. The maximum atomic E-state index is 12.1. The van der Waals surface area contributed by atoms with Gasteiger partial charge in [-0.2, -0.15) is 0 Å². The van der Waals surface area contributed by atoms with E-state index in [0.717, 1.165) is 31.6 Å². The van der Waals surface area contributed by atoms with Gasteiger partial charge in [0.05, 0.1) is 0 Å². The quantitative estimate of drug-likeness (QED) is 0.277. The lowest BCUT2D eigenvalue weighted by molar-refractivity contribution is -0.129. The van der Waals surface area contributed by atoms with Crippen LogP contribution in [0.3, 0.4) is 0 Å². The Morgan fingerprint density at radius 1 is 1.27 bits per heavy atom. The molecular weight excluding hydrogens is 441 g/mol. The molecule has 3 rings (SSSR count). The first-order valence-corrected chi connectivity index (χ1v) is 9.16. The summed E-state index contributed by atoms with van der Waals surface area (Å²) < 4.78 is 12.0. The fourth-order valence-corrected chi connectivity index (χ4v) is 2.67. The number of ether oxygens (including phenoxy) is 2. The highest BCUT2D eigenvalue weighted by Crippen LogP contribution is 2.22. The van der Waals surface area contributed by atoms with E-state index in [1.54, 1.807) is 6.08 Å². The maximum Gasteiger partial charge on any atom is 0.363 e. The molecule has 1 aliphatic heterocycles. The van der Waals surface area contributed by atoms with Crippen molar-refractivity contribution in [1.29, 1.82) is 0 Å². The smallest absolute Gasteiger partial charge is 0.363 e. The van der Waals surface area contributed by atoms with Crippen LogP contribution in [-0.4, -0.2) is 18.5 Å². The molecule has 0 amide bonds. The van der Waals surface area contributed by atoms with Crippen LogP contribution in [0.4, 0.5) is 0 Å². The van der Waals surface area contributed by atoms with Crippen molar-refractivity contribution in [3.8, 4) is 5.75 Å². The average Bonchev–Trinajstić information content (AvgIpc) is 2.97. The van der Waals surface area contributed by atoms with E-state index >= 15 is 0 Å². The second-order valence-electron chi connectivity index (χ2n) is 6.11. The molecule has 2 aromatic carbocycles. The molecule has 0 aliphatic carbocycles. The van der Waals surface area contributed by atoms with E-state index in [-0.39, 0.29) is 5.70 Å². The van der Waals surface area contributed by atoms with Crippen molar-refractivity contribution in [1.82, 2.24) is 0 Å². The molecule has 0 fully saturated rings. The van der Waals surface area contributed by atoms with Crippen molar-refractivity contribution in [2.45, 2.75) is 13.8 Å². The number of aryl methyl sites for hydroxylation is 1. The molecule has 5 heteroatoms. The van der Waals surface area contributed by atoms with Gasteiger partial charge in [-0.1, -0.05) is 18.7 Å². The van der Waals surface area contributed by atoms with Crippen molar-refractivity contribution in [2.24, 2.45) is 4.99 Å². The Morgan fingerprint density at radius 2 is 2.00 bits per heavy atom. The van der Waals surface area contributed by atoms with E-state index in [4.69, 9.17) is 9.47 Å². The lowest BCUT2D eigenvalue weighted by Crippen LogP contribution is -2.05. The molecule has 0 atom stereocenters. The molecule has 0 aromatic heterocycles. The van der Waals surface area contributed by atoms with Gasteiger partial charge < -0.3 is 9.47 Å². The van der Waals surface area contributed by atoms with Gasteiger partial charge in [0.15, 0.2) is 5.70 Å². The van der Waals surface area contributed by atoms with Gasteiger partial charge in [0, 0.05) is 9.13 Å². The van der Waals surface area contributed by atoms with Crippen LogP contribution in [0.15, 0.2) is 65.3 Å². The topological polar surface area (TPSA) is 47.9 Å². The predicted octanol–water partition coefficient (Wildman–Crippen LogP) is 4.90. The normalized spacial score (nSPS) is 15.0. The first-order valence-electron chi connectivity index (χ1n) is 8.09. The lowest BCUT2D eigenvalue weighted by atomic mass is 10.1. The van der Waals surface area contributed by atoms with Gasteiger partial charge in [-0.3, -0.25) is 0 Å². The number of benzene rings is 2. The molecule has 132 valence electrons. The average molecular weight is 459 g/mol. The van der Waals surface area contributed by atoms with Gasteiger partial charge in [-0.25, -0.2) is 9.79 Å². The fraction of sp³-hybridized carbons (Fsp3) is 0.143. The zero-order chi connectivity index (χ0) is 18.7. The fourth-order valence-electron chi connectivity index (χ4n) is 2.34. The number of halogens is 1. The summed E-state index contributed by atoms with van der Waals surface area (Å²) in [5.74, 6) is 0.642. The molecule has 1 aliphatic rings. The number of rotatable bonds is 5. The van der Waals surface area contributed by atoms with Crippen LogP contribution in [0.25, 0.3) is 6.08 Å². The van der Waals surface area contributed by atoms with Gasteiger partial charge >= 0.3 is 5.97 Å². The third-order valence-corrected chi connectivity index (χ3v) is 4.90. The largest absolute Gasteiger partial charge is 0.489 e. The maximum absolute atomic E-state index is 12.1. The van der Waals surface area contributed by atoms with Gasteiger partial charge in [-0.15, -0.1) is 0 Å². The molecule has 4 nitrogen and oxygen atoms in total. The van der Waals surface area contributed by atoms with E-state index in [0.29, 0.717) is 12.5 Å². The van der Waals surface area contributed by atoms with Crippen molar-refractivity contribution >= 4 is 40.5 Å². The van der Waals surface area contributed by atoms with Crippen LogP contribution in [-0.2, 0) is 9.53 Å². The third-order valence-electron chi connectivity index (χ3n) is 3.69. The molecule has 0 saturated heterocycles. The number of carbonyl (C=O) groups excluding carboxylic acids is 1. The van der Waals surface area contributed by atoms with Gasteiger partial charge in [0.25, 0.3) is 0 Å². The zero-order valence-electron chi connectivity index (χ0n) is 14.6. The molecule has 0 saturated carbocycles. The van der Waals surface area contributed by atoms with Crippen molar-refractivity contribution in [3.05, 3.63) is 80.6 Å². The highest BCUT2D eigenvalue weighted by Gasteiger charge is 2.24. The molecule has 1 heterocycles. The summed E-state index contributed by atoms with van der Waals surface area (Å²) in [5.41, 5.74) is 4.00. The molecule has 0 unspecified atom stereocenters. The van der Waals surface area contributed by atoms with E-state index in [1.807, 2.05) is 56.3 Å². The third kappa shape index (κ3) is 4.40. The molecule has 26 heavy (non-hydrogen) atoms. The standard InChI is InChI=1S/C21H18INO3/c1-13(2)12-25-17-7-4-15(5-8-17)11-19-21(24)26-20(23-19)16-6-9-18(22)14(3)10-16/h4-11H,1,12H2,2-3H3/b19-11-. The van der Waals surface area contributed by atoms with E-state index < -0.39 is 5.97 Å². The molecule has 0 bridgehead atoms. The Hall–Kier alpha value is -2.41. The first kappa shape index (κ1) is 18.4. The minimum Gasteiger partial charge on any atom is -0.489 e. The van der Waals surface area contributed by atoms with Crippen molar-refractivity contribution in [3.63, 3.8) is 0 Å². The highest BCUT2D eigenvalue weighted by molar-refractivity contribution is 14.1. The summed E-state index contributed by atoms with van der Waals surface area (Å²) in [4.78, 5) is 16.5. The second-order valence-corrected chi connectivity index (χ2v) is 7.28. The number of cyclic esters (lactones) is 1. The predicted molar refractivity (Wildman–Crippen MR) is 111 cm³/mol. The summed E-state index contributed by atoms with van der Waals surface area (Å²) in [7, 11) is 0. The van der Waals surface area contributed by atoms with Crippen LogP contribution in [0.2, 0.25) is 0 Å². The van der Waals surface area contributed by atoms with E-state index in [2.05, 4.69) is 34.2 Å². The van der Waals surface area contributed by atoms with Gasteiger partial charge in [0.1, 0.15) is 12.4 Å². The number of aliphatic imine (C=N–C) groups is 1. The Morgan fingerprint density at radius 3 is 2.65 bits per heavy atom. The number of hydrogen-bond donors (Lipinski definition) is 0.